The zero-order valence-electron chi connectivity index (χ0n) is 16.3. The van der Waals surface area contributed by atoms with Crippen molar-refractivity contribution in [2.75, 3.05) is 0 Å². The SMILES string of the molecule is O=S1(=O)OC(c2cc(Br)c([O-])c(Br)c2)(c2cc(Br)c(O)c(Br)c2)c2c(Br)c(Br)c(Br)c(Br)c21.[Na+]. The molecule has 34 heavy (non-hydrogen) atoms. The van der Waals surface area contributed by atoms with Gasteiger partial charge in [-0.05, 0) is 131 Å². The summed E-state index contributed by atoms with van der Waals surface area (Å²) in [5.74, 6) is -0.371. The van der Waals surface area contributed by atoms with Crippen molar-refractivity contribution in [3.63, 3.8) is 0 Å². The Morgan fingerprint density at radius 3 is 1.62 bits per heavy atom. The van der Waals surface area contributed by atoms with Crippen molar-refractivity contribution in [3.05, 3.63) is 76.7 Å². The number of hydrogen-bond donors (Lipinski definition) is 1. The van der Waals surface area contributed by atoms with Crippen LogP contribution in [0.3, 0.4) is 0 Å². The molecule has 1 aliphatic rings. The Kier molecular flexibility index (Phi) is 9.78. The van der Waals surface area contributed by atoms with E-state index < -0.39 is 15.7 Å². The largest absolute Gasteiger partial charge is 1.00 e. The maximum atomic E-state index is 13.5. The average Bonchev–Trinajstić information content (AvgIpc) is 3.00. The Morgan fingerprint density at radius 2 is 1.15 bits per heavy atom. The van der Waals surface area contributed by atoms with E-state index in [9.17, 15) is 18.6 Å². The van der Waals surface area contributed by atoms with E-state index in [0.717, 1.165) is 0 Å². The van der Waals surface area contributed by atoms with E-state index in [-0.39, 0.29) is 64.9 Å². The fourth-order valence-electron chi connectivity index (χ4n) is 3.49. The predicted octanol–water partition coefficient (Wildman–Crippen LogP) is 5.58. The van der Waals surface area contributed by atoms with Crippen LogP contribution in [0.2, 0.25) is 0 Å². The normalized spacial score (nSPS) is 18.5. The molecule has 3 aromatic rings. The van der Waals surface area contributed by atoms with Gasteiger partial charge in [0.2, 0.25) is 0 Å². The van der Waals surface area contributed by atoms with Gasteiger partial charge in [-0.2, -0.15) is 8.42 Å². The van der Waals surface area contributed by atoms with Gasteiger partial charge in [0.1, 0.15) is 10.6 Å². The zero-order chi connectivity index (χ0) is 24.6. The topological polar surface area (TPSA) is 86.7 Å². The Bertz CT molecular complexity index is 1370. The molecule has 4 rings (SSSR count). The minimum atomic E-state index is -4.30. The van der Waals surface area contributed by atoms with Crippen LogP contribution in [0, 0.1) is 0 Å². The van der Waals surface area contributed by atoms with E-state index in [1.807, 2.05) is 0 Å². The molecule has 0 saturated heterocycles. The van der Waals surface area contributed by atoms with Crippen LogP contribution in [0.1, 0.15) is 16.7 Å². The number of phenolic OH excluding ortho intramolecular Hbond substituents is 1. The summed E-state index contributed by atoms with van der Waals surface area (Å²) in [6.07, 6.45) is 0. The molecule has 1 unspecified atom stereocenters. The first-order valence-corrected chi connectivity index (χ1v) is 16.2. The van der Waals surface area contributed by atoms with Gasteiger partial charge in [0.05, 0.1) is 13.4 Å². The Balaban J connectivity index is 0.00000324. The van der Waals surface area contributed by atoms with Gasteiger partial charge in [0.25, 0.3) is 10.1 Å². The first kappa shape index (κ1) is 30.6. The molecule has 0 saturated carbocycles. The molecule has 0 fully saturated rings. The Labute approximate surface area is 284 Å². The third-order valence-electron chi connectivity index (χ3n) is 4.89. The molecule has 3 aromatic carbocycles. The van der Waals surface area contributed by atoms with Gasteiger partial charge in [0, 0.05) is 27.9 Å². The number of rotatable bonds is 2. The second kappa shape index (κ2) is 10.9. The summed E-state index contributed by atoms with van der Waals surface area (Å²) in [6, 6.07) is 6.16. The summed E-state index contributed by atoms with van der Waals surface area (Å²) in [6.45, 7) is 0. The molecule has 0 amide bonds. The molecular formula is C19H5Br8NaO5S. The van der Waals surface area contributed by atoms with Gasteiger partial charge in [-0.1, -0.05) is 37.6 Å². The Hall–Kier alpha value is 2.01. The minimum absolute atomic E-state index is 0. The van der Waals surface area contributed by atoms with Crippen LogP contribution in [0.5, 0.6) is 11.5 Å². The summed E-state index contributed by atoms with van der Waals surface area (Å²) in [5, 5.41) is 22.7. The molecule has 1 aliphatic heterocycles. The molecule has 174 valence electrons. The van der Waals surface area contributed by atoms with E-state index in [2.05, 4.69) is 127 Å². The van der Waals surface area contributed by atoms with Gasteiger partial charge in [-0.15, -0.1) is 0 Å². The van der Waals surface area contributed by atoms with Crippen LogP contribution >= 0.6 is 127 Å². The second-order valence-corrected chi connectivity index (χ2v) is 14.8. The van der Waals surface area contributed by atoms with Crippen molar-refractivity contribution >= 4 is 138 Å². The molecule has 0 aliphatic carbocycles. The zero-order valence-corrected chi connectivity index (χ0v) is 31.8. The molecular weight excluding hydrogens is 1000 g/mol. The first-order chi connectivity index (χ1) is 15.2. The number of hydrogen-bond acceptors (Lipinski definition) is 5. The number of aromatic hydroxyl groups is 1. The smallest absolute Gasteiger partial charge is 0.871 e. The second-order valence-electron chi connectivity index (χ2n) is 6.74. The van der Waals surface area contributed by atoms with Crippen LogP contribution < -0.4 is 34.7 Å². The summed E-state index contributed by atoms with van der Waals surface area (Å²) >= 11 is 27.0. The van der Waals surface area contributed by atoms with Gasteiger partial charge < -0.3 is 10.2 Å². The quantitative estimate of drug-likeness (QED) is 0.157. The summed E-state index contributed by atoms with van der Waals surface area (Å²) in [4.78, 5) is -0.0804. The van der Waals surface area contributed by atoms with Crippen molar-refractivity contribution in [3.8, 4) is 11.5 Å². The molecule has 15 heteroatoms. The standard InChI is InChI=1S/C19H6Br8O5S.Na/c20-7-1-5(2-8(21)16(7)28)19(6-3-9(22)17(29)10(23)4-6)11-12(24)13(25)14(26)15(27)18(11)33(30,31)32-19;/h1-4,28-29H;/q;+1/p-1. The minimum Gasteiger partial charge on any atom is -0.871 e. The fourth-order valence-corrected chi connectivity index (χ4v) is 10.6. The number of halogens is 8. The number of phenols is 1. The van der Waals surface area contributed by atoms with Crippen LogP contribution in [-0.2, 0) is 19.9 Å². The van der Waals surface area contributed by atoms with Crippen LogP contribution in [0.15, 0.2) is 64.9 Å². The molecule has 1 N–H and O–H groups in total. The first-order valence-electron chi connectivity index (χ1n) is 8.41. The van der Waals surface area contributed by atoms with Crippen molar-refractivity contribution < 1.29 is 52.4 Å². The summed E-state index contributed by atoms with van der Waals surface area (Å²) in [7, 11) is -4.30. The predicted molar refractivity (Wildman–Crippen MR) is 150 cm³/mol. The third kappa shape index (κ3) is 4.78. The summed E-state index contributed by atoms with van der Waals surface area (Å²) in [5.41, 5.74) is -0.711. The number of benzene rings is 3. The summed E-state index contributed by atoms with van der Waals surface area (Å²) < 4.78 is 35.6. The van der Waals surface area contributed by atoms with Crippen molar-refractivity contribution in [2.24, 2.45) is 0 Å². The average molecular weight is 1010 g/mol. The van der Waals surface area contributed by atoms with Crippen molar-refractivity contribution in [1.82, 2.24) is 0 Å². The maximum absolute atomic E-state index is 13.5. The Morgan fingerprint density at radius 1 is 0.735 bits per heavy atom. The monoisotopic (exact) mass is 999 g/mol. The van der Waals surface area contributed by atoms with Gasteiger partial charge in [0.15, 0.2) is 5.60 Å². The van der Waals surface area contributed by atoms with Crippen molar-refractivity contribution in [2.45, 2.75) is 10.5 Å². The van der Waals surface area contributed by atoms with Gasteiger partial charge in [-0.25, -0.2) is 4.18 Å². The molecule has 1 heterocycles. The van der Waals surface area contributed by atoms with Crippen LogP contribution in [-0.4, -0.2) is 13.5 Å². The molecule has 0 spiro atoms. The van der Waals surface area contributed by atoms with E-state index in [0.29, 0.717) is 33.5 Å². The van der Waals surface area contributed by atoms with Crippen LogP contribution in [0.4, 0.5) is 0 Å². The fraction of sp³-hybridized carbons (Fsp3) is 0.0526. The van der Waals surface area contributed by atoms with Crippen molar-refractivity contribution in [1.29, 1.82) is 0 Å². The molecule has 0 aromatic heterocycles. The molecule has 5 nitrogen and oxygen atoms in total. The maximum Gasteiger partial charge on any atom is 1.00 e. The van der Waals surface area contributed by atoms with E-state index in [4.69, 9.17) is 4.18 Å². The number of fused-ring (bicyclic) bond motifs is 1. The molecule has 0 bridgehead atoms. The van der Waals surface area contributed by atoms with E-state index in [1.54, 1.807) is 12.1 Å². The van der Waals surface area contributed by atoms with Gasteiger partial charge >= 0.3 is 29.6 Å². The van der Waals surface area contributed by atoms with E-state index >= 15 is 0 Å². The third-order valence-corrected chi connectivity index (χ3v) is 13.7. The van der Waals surface area contributed by atoms with Crippen LogP contribution in [0.25, 0.3) is 0 Å². The molecule has 1 atom stereocenters. The van der Waals surface area contributed by atoms with E-state index in [1.165, 1.54) is 12.1 Å². The van der Waals surface area contributed by atoms with Gasteiger partial charge in [-0.3, -0.25) is 0 Å². The molecule has 0 radical (unpaired) electrons.